The first-order chi connectivity index (χ1) is 14.5. The highest BCUT2D eigenvalue weighted by Crippen LogP contribution is 2.42. The van der Waals surface area contributed by atoms with Gasteiger partial charge in [0.2, 0.25) is 0 Å². The van der Waals surface area contributed by atoms with Gasteiger partial charge in [0.25, 0.3) is 11.7 Å². The molecule has 0 saturated carbocycles. The van der Waals surface area contributed by atoms with Crippen molar-refractivity contribution in [2.45, 2.75) is 6.04 Å². The van der Waals surface area contributed by atoms with Gasteiger partial charge in [-0.3, -0.25) is 14.5 Å². The number of carbonyl (C=O) groups excluding carboxylic acids is 2. The number of hydrogen-bond acceptors (Lipinski definition) is 4. The highest BCUT2D eigenvalue weighted by molar-refractivity contribution is 6.51. The number of amides is 1. The third-order valence-electron chi connectivity index (χ3n) is 5.01. The third kappa shape index (κ3) is 3.33. The number of Topliss-reactive ketones (excluding diaryl/α,β-unsaturated/α-hetero) is 1. The van der Waals surface area contributed by atoms with Crippen LogP contribution in [0.3, 0.4) is 0 Å². The van der Waals surface area contributed by atoms with Gasteiger partial charge in [0.15, 0.2) is 0 Å². The first-order valence-electron chi connectivity index (χ1n) is 9.27. The predicted molar refractivity (Wildman–Crippen MR) is 111 cm³/mol. The summed E-state index contributed by atoms with van der Waals surface area (Å²) in [5.41, 5.74) is 1.30. The third-order valence-corrected chi connectivity index (χ3v) is 5.01. The molecule has 0 aliphatic carbocycles. The minimum absolute atomic E-state index is 0.0660. The molecule has 0 radical (unpaired) electrons. The molecule has 3 aromatic rings. The van der Waals surface area contributed by atoms with E-state index in [1.807, 2.05) is 0 Å². The Bertz CT molecular complexity index is 1140. The predicted octanol–water partition coefficient (Wildman–Crippen LogP) is 4.46. The van der Waals surface area contributed by atoms with Crippen LogP contribution < -0.4 is 9.64 Å². The monoisotopic (exact) mass is 403 g/mol. The summed E-state index contributed by atoms with van der Waals surface area (Å²) in [5.74, 6) is -1.85. The van der Waals surface area contributed by atoms with Crippen molar-refractivity contribution in [2.24, 2.45) is 0 Å². The van der Waals surface area contributed by atoms with Crippen molar-refractivity contribution in [3.8, 4) is 5.75 Å². The van der Waals surface area contributed by atoms with Gasteiger partial charge in [-0.15, -0.1) is 0 Å². The Morgan fingerprint density at radius 1 is 0.967 bits per heavy atom. The van der Waals surface area contributed by atoms with Crippen LogP contribution in [0.25, 0.3) is 5.76 Å². The number of benzene rings is 3. The Balaban J connectivity index is 1.95. The summed E-state index contributed by atoms with van der Waals surface area (Å²) in [6.45, 7) is 0. The Kier molecular flexibility index (Phi) is 5.06. The number of aliphatic hydroxyl groups is 1. The van der Waals surface area contributed by atoms with Crippen molar-refractivity contribution >= 4 is 23.1 Å². The van der Waals surface area contributed by atoms with Crippen molar-refractivity contribution in [1.29, 1.82) is 0 Å². The summed E-state index contributed by atoms with van der Waals surface area (Å²) in [7, 11) is 1.52. The summed E-state index contributed by atoms with van der Waals surface area (Å²) in [6, 6.07) is 20.0. The molecule has 1 saturated heterocycles. The van der Waals surface area contributed by atoms with Crippen LogP contribution in [0.1, 0.15) is 17.2 Å². The van der Waals surface area contributed by atoms with Crippen molar-refractivity contribution in [1.82, 2.24) is 0 Å². The molecule has 1 aliphatic heterocycles. The van der Waals surface area contributed by atoms with Crippen molar-refractivity contribution in [3.05, 3.63) is 101 Å². The number of hydrogen-bond donors (Lipinski definition) is 1. The molecule has 4 rings (SSSR count). The second-order valence-corrected chi connectivity index (χ2v) is 6.79. The van der Waals surface area contributed by atoms with Crippen LogP contribution in [0.5, 0.6) is 5.75 Å². The Morgan fingerprint density at radius 2 is 1.67 bits per heavy atom. The molecule has 3 aromatic carbocycles. The fraction of sp³-hybridized carbons (Fsp3) is 0.0833. The number of methoxy groups -OCH3 is 1. The second-order valence-electron chi connectivity index (χ2n) is 6.79. The van der Waals surface area contributed by atoms with E-state index in [9.17, 15) is 19.1 Å². The van der Waals surface area contributed by atoms with Gasteiger partial charge in [-0.05, 0) is 54.1 Å². The SMILES string of the molecule is COc1cccc(C2/C(=C(/O)c3ccc(F)cc3)C(=O)C(=O)N2c2ccccc2)c1. The van der Waals surface area contributed by atoms with E-state index in [0.29, 0.717) is 17.0 Å². The van der Waals surface area contributed by atoms with Gasteiger partial charge >= 0.3 is 0 Å². The van der Waals surface area contributed by atoms with Crippen LogP contribution in [-0.2, 0) is 9.59 Å². The van der Waals surface area contributed by atoms with E-state index in [4.69, 9.17) is 4.74 Å². The number of carbonyl (C=O) groups is 2. The van der Waals surface area contributed by atoms with E-state index in [2.05, 4.69) is 0 Å². The van der Waals surface area contributed by atoms with Crippen molar-refractivity contribution < 1.29 is 23.8 Å². The lowest BCUT2D eigenvalue weighted by atomic mass is 9.95. The summed E-state index contributed by atoms with van der Waals surface area (Å²) < 4.78 is 18.6. The average molecular weight is 403 g/mol. The minimum Gasteiger partial charge on any atom is -0.507 e. The lowest BCUT2D eigenvalue weighted by molar-refractivity contribution is -0.132. The fourth-order valence-corrected chi connectivity index (χ4v) is 3.58. The van der Waals surface area contributed by atoms with Crippen molar-refractivity contribution in [2.75, 3.05) is 12.0 Å². The molecule has 6 heteroatoms. The highest BCUT2D eigenvalue weighted by Gasteiger charge is 2.47. The molecule has 5 nitrogen and oxygen atoms in total. The van der Waals surface area contributed by atoms with Crippen LogP contribution in [0.4, 0.5) is 10.1 Å². The van der Waals surface area contributed by atoms with Gasteiger partial charge in [0.05, 0.1) is 18.7 Å². The lowest BCUT2D eigenvalue weighted by Gasteiger charge is -2.25. The standard InChI is InChI=1S/C24H18FNO4/c1-30-19-9-5-6-16(14-19)21-20(22(27)15-10-12-17(25)13-11-15)23(28)24(29)26(21)18-7-3-2-4-8-18/h2-14,21,27H,1H3/b22-20-. The zero-order chi connectivity index (χ0) is 21.3. The van der Waals surface area contributed by atoms with E-state index >= 15 is 0 Å². The number of ether oxygens (including phenoxy) is 1. The molecular formula is C24H18FNO4. The molecule has 0 bridgehead atoms. The molecule has 0 spiro atoms. The maximum absolute atomic E-state index is 13.3. The Morgan fingerprint density at radius 3 is 2.33 bits per heavy atom. The van der Waals surface area contributed by atoms with Gasteiger partial charge in [0.1, 0.15) is 17.3 Å². The van der Waals surface area contributed by atoms with Crippen LogP contribution in [0.15, 0.2) is 84.4 Å². The molecular weight excluding hydrogens is 385 g/mol. The van der Waals surface area contributed by atoms with Crippen LogP contribution >= 0.6 is 0 Å². The topological polar surface area (TPSA) is 66.8 Å². The normalized spacial score (nSPS) is 17.9. The number of aliphatic hydroxyl groups excluding tert-OH is 1. The van der Waals surface area contributed by atoms with Crippen LogP contribution in [0, 0.1) is 5.82 Å². The molecule has 0 aromatic heterocycles. The Hall–Kier alpha value is -3.93. The maximum atomic E-state index is 13.3. The largest absolute Gasteiger partial charge is 0.507 e. The van der Waals surface area contributed by atoms with Gasteiger partial charge in [-0.25, -0.2) is 4.39 Å². The van der Waals surface area contributed by atoms with Gasteiger partial charge in [0, 0.05) is 11.3 Å². The quantitative estimate of drug-likeness (QED) is 0.397. The van der Waals surface area contributed by atoms with E-state index in [1.165, 1.54) is 36.3 Å². The average Bonchev–Trinajstić information content (AvgIpc) is 3.05. The van der Waals surface area contributed by atoms with Crippen molar-refractivity contribution in [3.63, 3.8) is 0 Å². The number of para-hydroxylation sites is 1. The number of ketones is 1. The molecule has 1 fully saturated rings. The molecule has 1 N–H and O–H groups in total. The summed E-state index contributed by atoms with van der Waals surface area (Å²) >= 11 is 0. The first-order valence-corrected chi connectivity index (χ1v) is 9.27. The molecule has 1 amide bonds. The second kappa shape index (κ2) is 7.83. The molecule has 30 heavy (non-hydrogen) atoms. The van der Waals surface area contributed by atoms with Crippen LogP contribution in [0.2, 0.25) is 0 Å². The molecule has 1 aliphatic rings. The minimum atomic E-state index is -0.868. The zero-order valence-electron chi connectivity index (χ0n) is 16.1. The maximum Gasteiger partial charge on any atom is 0.300 e. The van der Waals surface area contributed by atoms with Gasteiger partial charge in [-0.1, -0.05) is 30.3 Å². The number of halogens is 1. The van der Waals surface area contributed by atoms with E-state index in [1.54, 1.807) is 54.6 Å². The van der Waals surface area contributed by atoms with E-state index in [-0.39, 0.29) is 16.9 Å². The molecule has 1 heterocycles. The van der Waals surface area contributed by atoms with E-state index in [0.717, 1.165) is 0 Å². The van der Waals surface area contributed by atoms with E-state index < -0.39 is 23.5 Å². The smallest absolute Gasteiger partial charge is 0.300 e. The molecule has 150 valence electrons. The number of nitrogens with zero attached hydrogens (tertiary/aromatic N) is 1. The summed E-state index contributed by atoms with van der Waals surface area (Å²) in [6.07, 6.45) is 0. The highest BCUT2D eigenvalue weighted by atomic mass is 19.1. The fourth-order valence-electron chi connectivity index (χ4n) is 3.58. The first kappa shape index (κ1) is 19.4. The number of rotatable bonds is 4. The lowest BCUT2D eigenvalue weighted by Crippen LogP contribution is -2.29. The Labute approximate surface area is 172 Å². The summed E-state index contributed by atoms with van der Waals surface area (Å²) in [5, 5.41) is 10.9. The zero-order valence-corrected chi connectivity index (χ0v) is 16.1. The molecule has 1 atom stereocenters. The van der Waals surface area contributed by atoms with Crippen LogP contribution in [-0.4, -0.2) is 23.9 Å². The van der Waals surface area contributed by atoms with Gasteiger partial charge in [-0.2, -0.15) is 0 Å². The summed E-state index contributed by atoms with van der Waals surface area (Å²) in [4.78, 5) is 27.3. The molecule has 1 unspecified atom stereocenters. The number of anilines is 1. The van der Waals surface area contributed by atoms with Gasteiger partial charge < -0.3 is 9.84 Å².